The molecular formula is C10H11. The van der Waals surface area contributed by atoms with Crippen molar-refractivity contribution in [2.24, 2.45) is 0 Å². The van der Waals surface area contributed by atoms with Crippen molar-refractivity contribution in [3.63, 3.8) is 0 Å². The molecule has 0 bridgehead atoms. The van der Waals surface area contributed by atoms with E-state index >= 15 is 0 Å². The lowest BCUT2D eigenvalue weighted by molar-refractivity contribution is 0.794. The summed E-state index contributed by atoms with van der Waals surface area (Å²) >= 11 is 0. The lowest BCUT2D eigenvalue weighted by atomic mass is 10.1. The molecule has 3 radical (unpaired) electrons. The zero-order valence-corrected chi connectivity index (χ0v) is 6.28. The van der Waals surface area contributed by atoms with Crippen molar-refractivity contribution in [2.45, 2.75) is 26.2 Å². The van der Waals surface area contributed by atoms with Gasteiger partial charge in [-0.2, -0.15) is 0 Å². The second-order valence-electron chi connectivity index (χ2n) is 2.36. The highest BCUT2D eigenvalue weighted by Crippen LogP contribution is 2.01. The standard InChI is InChI=1S/C10H11/c1-2-3-7-10-8-5-4-6-9-10/h5,8H,2-3,7H2,1H3. The summed E-state index contributed by atoms with van der Waals surface area (Å²) in [6.07, 6.45) is 3.61. The average molecular weight is 131 g/mol. The molecule has 0 aliphatic rings. The summed E-state index contributed by atoms with van der Waals surface area (Å²) in [6.45, 7) is 2.19. The Kier molecular flexibility index (Phi) is 3.01. The van der Waals surface area contributed by atoms with Crippen molar-refractivity contribution >= 4 is 0 Å². The molecule has 0 nitrogen and oxygen atoms in total. The van der Waals surface area contributed by atoms with Gasteiger partial charge < -0.3 is 0 Å². The van der Waals surface area contributed by atoms with Gasteiger partial charge in [-0.3, -0.25) is 0 Å². The van der Waals surface area contributed by atoms with Gasteiger partial charge in [0, 0.05) is 0 Å². The van der Waals surface area contributed by atoms with Crippen molar-refractivity contribution < 1.29 is 0 Å². The second-order valence-corrected chi connectivity index (χ2v) is 2.36. The van der Waals surface area contributed by atoms with Gasteiger partial charge in [-0.25, -0.2) is 0 Å². The molecular weight excluding hydrogens is 120 g/mol. The Hall–Kier alpha value is -0.780. The molecule has 51 valence electrons. The molecule has 0 saturated carbocycles. The van der Waals surface area contributed by atoms with Crippen LogP contribution in [0.5, 0.6) is 0 Å². The van der Waals surface area contributed by atoms with E-state index in [2.05, 4.69) is 25.1 Å². The van der Waals surface area contributed by atoms with Crippen molar-refractivity contribution in [1.29, 1.82) is 0 Å². The minimum atomic E-state index is 1.13. The first-order chi connectivity index (χ1) is 4.93. The Morgan fingerprint density at radius 2 is 2.40 bits per heavy atom. The van der Waals surface area contributed by atoms with Crippen molar-refractivity contribution in [3.8, 4) is 0 Å². The van der Waals surface area contributed by atoms with Crippen LogP contribution in [0.15, 0.2) is 12.1 Å². The number of benzene rings is 1. The zero-order chi connectivity index (χ0) is 7.23. The van der Waals surface area contributed by atoms with Crippen LogP contribution in [0.25, 0.3) is 0 Å². The summed E-state index contributed by atoms with van der Waals surface area (Å²) in [7, 11) is 0. The minimum Gasteiger partial charge on any atom is -0.0654 e. The highest BCUT2D eigenvalue weighted by Gasteiger charge is 1.88. The Bertz CT molecular complexity index is 165. The molecule has 0 spiro atoms. The third-order valence-corrected chi connectivity index (χ3v) is 1.46. The molecule has 0 atom stereocenters. The molecule has 0 fully saturated rings. The van der Waals surface area contributed by atoms with Crippen molar-refractivity contribution in [3.05, 3.63) is 35.9 Å². The second kappa shape index (κ2) is 4.10. The van der Waals surface area contributed by atoms with Gasteiger partial charge in [0.1, 0.15) is 0 Å². The molecule has 0 aromatic heterocycles. The molecule has 0 unspecified atom stereocenters. The molecule has 10 heavy (non-hydrogen) atoms. The maximum absolute atomic E-state index is 3.02. The number of unbranched alkanes of at least 4 members (excludes halogenated alkanes) is 1. The number of aryl methyl sites for hydroxylation is 1. The van der Waals surface area contributed by atoms with Crippen LogP contribution >= 0.6 is 0 Å². The fourth-order valence-electron chi connectivity index (χ4n) is 0.855. The third-order valence-electron chi connectivity index (χ3n) is 1.46. The molecule has 1 aromatic rings. The van der Waals surface area contributed by atoms with E-state index in [0.717, 1.165) is 6.42 Å². The first-order valence-corrected chi connectivity index (χ1v) is 3.72. The molecule has 0 heteroatoms. The summed E-state index contributed by atoms with van der Waals surface area (Å²) in [6, 6.07) is 12.6. The lowest BCUT2D eigenvalue weighted by Gasteiger charge is -1.95. The topological polar surface area (TPSA) is 0 Å². The van der Waals surface area contributed by atoms with Gasteiger partial charge in [0.05, 0.1) is 0 Å². The summed E-state index contributed by atoms with van der Waals surface area (Å²) in [5.41, 5.74) is 1.25. The fraction of sp³-hybridized carbons (Fsp3) is 0.400. The van der Waals surface area contributed by atoms with Gasteiger partial charge >= 0.3 is 0 Å². The van der Waals surface area contributed by atoms with Gasteiger partial charge in [0.2, 0.25) is 0 Å². The SMILES string of the molecule is CCCCc1[c][c][c]cc1. The largest absolute Gasteiger partial charge is 0.0654 e. The molecule has 0 heterocycles. The van der Waals surface area contributed by atoms with Crippen LogP contribution in [0.1, 0.15) is 25.3 Å². The van der Waals surface area contributed by atoms with Crippen LogP contribution < -0.4 is 0 Å². The quantitative estimate of drug-likeness (QED) is 0.591. The Morgan fingerprint density at radius 1 is 1.50 bits per heavy atom. The fourth-order valence-corrected chi connectivity index (χ4v) is 0.855. The van der Waals surface area contributed by atoms with Gasteiger partial charge in [-0.15, -0.1) is 0 Å². The summed E-state index contributed by atoms with van der Waals surface area (Å²) in [5, 5.41) is 0. The van der Waals surface area contributed by atoms with Crippen LogP contribution in [0.2, 0.25) is 0 Å². The normalized spacial score (nSPS) is 9.70. The molecule has 1 aromatic carbocycles. The van der Waals surface area contributed by atoms with Crippen LogP contribution in [0, 0.1) is 18.2 Å². The maximum Gasteiger partial charge on any atom is -0.00109 e. The number of hydrogen-bond acceptors (Lipinski definition) is 0. The molecule has 0 aliphatic carbocycles. The Labute approximate surface area is 62.9 Å². The van der Waals surface area contributed by atoms with Crippen LogP contribution in [-0.4, -0.2) is 0 Å². The average Bonchev–Trinajstić information content (AvgIpc) is 2.03. The Balaban J connectivity index is 2.43. The van der Waals surface area contributed by atoms with Gasteiger partial charge in [0.25, 0.3) is 0 Å². The van der Waals surface area contributed by atoms with Gasteiger partial charge in [0.15, 0.2) is 0 Å². The van der Waals surface area contributed by atoms with Crippen LogP contribution in [0.3, 0.4) is 0 Å². The summed E-state index contributed by atoms with van der Waals surface area (Å²) in [4.78, 5) is 0. The Morgan fingerprint density at radius 3 is 3.00 bits per heavy atom. The summed E-state index contributed by atoms with van der Waals surface area (Å²) < 4.78 is 0. The predicted octanol–water partition coefficient (Wildman–Crippen LogP) is 2.43. The van der Waals surface area contributed by atoms with E-state index in [1.54, 1.807) is 0 Å². The monoisotopic (exact) mass is 131 g/mol. The van der Waals surface area contributed by atoms with Crippen LogP contribution in [0.4, 0.5) is 0 Å². The van der Waals surface area contributed by atoms with Gasteiger partial charge in [-0.05, 0) is 36.6 Å². The molecule has 0 aliphatic heterocycles. The lowest BCUT2D eigenvalue weighted by Crippen LogP contribution is -1.82. The zero-order valence-electron chi connectivity index (χ0n) is 6.28. The summed E-state index contributed by atoms with van der Waals surface area (Å²) in [5.74, 6) is 0. The smallest absolute Gasteiger partial charge is 0.00109 e. The molecule has 0 saturated heterocycles. The predicted molar refractivity (Wildman–Crippen MR) is 41.6 cm³/mol. The highest BCUT2D eigenvalue weighted by atomic mass is 13.9. The number of rotatable bonds is 3. The molecule has 1 rings (SSSR count). The van der Waals surface area contributed by atoms with Crippen LogP contribution in [-0.2, 0) is 6.42 Å². The molecule has 0 N–H and O–H groups in total. The van der Waals surface area contributed by atoms with E-state index in [-0.39, 0.29) is 0 Å². The number of hydrogen-bond donors (Lipinski definition) is 0. The van der Waals surface area contributed by atoms with E-state index in [4.69, 9.17) is 0 Å². The van der Waals surface area contributed by atoms with E-state index < -0.39 is 0 Å². The third kappa shape index (κ3) is 2.22. The first-order valence-electron chi connectivity index (χ1n) is 3.72. The van der Waals surface area contributed by atoms with E-state index in [1.165, 1.54) is 18.4 Å². The van der Waals surface area contributed by atoms with E-state index in [0.29, 0.717) is 0 Å². The first kappa shape index (κ1) is 7.33. The highest BCUT2D eigenvalue weighted by molar-refractivity contribution is 5.10. The maximum atomic E-state index is 3.02. The molecule has 0 amide bonds. The van der Waals surface area contributed by atoms with Crippen molar-refractivity contribution in [2.75, 3.05) is 0 Å². The van der Waals surface area contributed by atoms with Gasteiger partial charge in [-0.1, -0.05) is 25.5 Å². The van der Waals surface area contributed by atoms with Crippen molar-refractivity contribution in [1.82, 2.24) is 0 Å². The van der Waals surface area contributed by atoms with E-state index in [9.17, 15) is 0 Å². The van der Waals surface area contributed by atoms with E-state index in [1.807, 2.05) is 12.1 Å². The minimum absolute atomic E-state index is 1.13.